The van der Waals surface area contributed by atoms with Gasteiger partial charge in [0.25, 0.3) is 10.0 Å². The lowest BCUT2D eigenvalue weighted by Gasteiger charge is -2.11. The maximum absolute atomic E-state index is 13.5. The molecule has 1 amide bonds. The van der Waals surface area contributed by atoms with E-state index in [4.69, 9.17) is 5.11 Å². The van der Waals surface area contributed by atoms with Crippen molar-refractivity contribution in [2.75, 3.05) is 7.05 Å². The smallest absolute Gasteiger partial charge is 0.407 e. The highest BCUT2D eigenvalue weighted by molar-refractivity contribution is 9.10. The molecule has 0 aliphatic rings. The van der Waals surface area contributed by atoms with Crippen LogP contribution in [0.3, 0.4) is 0 Å². The molecule has 26 heavy (non-hydrogen) atoms. The quantitative estimate of drug-likeness (QED) is 0.667. The van der Waals surface area contributed by atoms with Gasteiger partial charge in [-0.15, -0.1) is 0 Å². The Morgan fingerprint density at radius 2 is 2.00 bits per heavy atom. The molecule has 0 aliphatic heterocycles. The summed E-state index contributed by atoms with van der Waals surface area (Å²) in [5.74, 6) is -0.658. The lowest BCUT2D eigenvalue weighted by atomic mass is 10.2. The molecule has 2 aromatic carbocycles. The molecular formula is C17H14BrFN2O4S. The third kappa shape index (κ3) is 3.32. The van der Waals surface area contributed by atoms with Crippen LogP contribution in [0.1, 0.15) is 5.56 Å². The highest BCUT2D eigenvalue weighted by atomic mass is 79.9. The molecule has 6 nitrogen and oxygen atoms in total. The molecule has 3 aromatic rings. The Kier molecular flexibility index (Phi) is 4.76. The zero-order valence-corrected chi connectivity index (χ0v) is 16.0. The van der Waals surface area contributed by atoms with E-state index in [2.05, 4.69) is 15.9 Å². The predicted molar refractivity (Wildman–Crippen MR) is 98.1 cm³/mol. The Morgan fingerprint density at radius 3 is 2.65 bits per heavy atom. The van der Waals surface area contributed by atoms with Gasteiger partial charge in [-0.3, -0.25) is 0 Å². The zero-order chi connectivity index (χ0) is 19.1. The molecule has 1 N–H and O–H groups in total. The van der Waals surface area contributed by atoms with Gasteiger partial charge in [0.05, 0.1) is 17.0 Å². The van der Waals surface area contributed by atoms with Crippen LogP contribution >= 0.6 is 15.9 Å². The molecule has 0 saturated carbocycles. The summed E-state index contributed by atoms with van der Waals surface area (Å²) in [6.45, 7) is 0.0130. The SMILES string of the molecule is CN(Cc1cn(S(=O)(=O)c2cccc(F)c2)c2cc(Br)ccc12)C(=O)O. The first-order valence-electron chi connectivity index (χ1n) is 7.45. The van der Waals surface area contributed by atoms with Crippen molar-refractivity contribution in [3.05, 3.63) is 64.5 Å². The first-order chi connectivity index (χ1) is 12.2. The van der Waals surface area contributed by atoms with Gasteiger partial charge in [-0.05, 0) is 35.9 Å². The highest BCUT2D eigenvalue weighted by Gasteiger charge is 2.23. The zero-order valence-electron chi connectivity index (χ0n) is 13.6. The number of aromatic nitrogens is 1. The van der Waals surface area contributed by atoms with E-state index in [1.165, 1.54) is 25.4 Å². The largest absolute Gasteiger partial charge is 0.465 e. The van der Waals surface area contributed by atoms with E-state index in [0.29, 0.717) is 20.9 Å². The monoisotopic (exact) mass is 440 g/mol. The Hall–Kier alpha value is -2.39. The maximum Gasteiger partial charge on any atom is 0.407 e. The number of fused-ring (bicyclic) bond motifs is 1. The first kappa shape index (κ1) is 18.4. The van der Waals surface area contributed by atoms with Gasteiger partial charge in [0, 0.05) is 23.1 Å². The van der Waals surface area contributed by atoms with Crippen molar-refractivity contribution in [3.63, 3.8) is 0 Å². The molecule has 0 unspecified atom stereocenters. The number of halogens is 2. The number of carbonyl (C=O) groups is 1. The lowest BCUT2D eigenvalue weighted by molar-refractivity contribution is 0.154. The van der Waals surface area contributed by atoms with Gasteiger partial charge in [0.1, 0.15) is 5.82 Å². The molecule has 0 aliphatic carbocycles. The summed E-state index contributed by atoms with van der Waals surface area (Å²) in [6, 6.07) is 9.82. The van der Waals surface area contributed by atoms with Crippen LogP contribution in [0.5, 0.6) is 0 Å². The van der Waals surface area contributed by atoms with Gasteiger partial charge < -0.3 is 10.0 Å². The van der Waals surface area contributed by atoms with Crippen LogP contribution in [0.2, 0.25) is 0 Å². The average Bonchev–Trinajstić information content (AvgIpc) is 2.93. The van der Waals surface area contributed by atoms with Crippen LogP contribution in [0.15, 0.2) is 58.0 Å². The van der Waals surface area contributed by atoms with Crippen LogP contribution in [0, 0.1) is 5.82 Å². The van der Waals surface area contributed by atoms with E-state index in [-0.39, 0.29) is 11.4 Å². The fourth-order valence-electron chi connectivity index (χ4n) is 2.63. The Labute approximate surface area is 157 Å². The number of nitrogens with zero attached hydrogens (tertiary/aromatic N) is 2. The van der Waals surface area contributed by atoms with Crippen LogP contribution in [0.25, 0.3) is 10.9 Å². The summed E-state index contributed by atoms with van der Waals surface area (Å²) < 4.78 is 41.2. The minimum atomic E-state index is -4.05. The van der Waals surface area contributed by atoms with Gasteiger partial charge >= 0.3 is 6.09 Å². The van der Waals surface area contributed by atoms with E-state index >= 15 is 0 Å². The predicted octanol–water partition coefficient (Wildman–Crippen LogP) is 3.89. The molecule has 9 heteroatoms. The second kappa shape index (κ2) is 6.73. The van der Waals surface area contributed by atoms with Crippen molar-refractivity contribution >= 4 is 42.9 Å². The minimum absolute atomic E-state index is 0.0130. The second-order valence-electron chi connectivity index (χ2n) is 5.71. The third-order valence-corrected chi connectivity index (χ3v) is 6.07. The molecule has 0 saturated heterocycles. The van der Waals surface area contributed by atoms with E-state index < -0.39 is 21.9 Å². The summed E-state index contributed by atoms with van der Waals surface area (Å²) in [5, 5.41) is 9.68. The van der Waals surface area contributed by atoms with Crippen molar-refractivity contribution in [2.45, 2.75) is 11.4 Å². The number of amides is 1. The number of hydrogen-bond acceptors (Lipinski definition) is 3. The molecular weight excluding hydrogens is 427 g/mol. The van der Waals surface area contributed by atoms with Gasteiger partial charge in [-0.1, -0.05) is 28.1 Å². The third-order valence-electron chi connectivity index (χ3n) is 3.90. The number of hydrogen-bond donors (Lipinski definition) is 1. The minimum Gasteiger partial charge on any atom is -0.465 e. The summed E-state index contributed by atoms with van der Waals surface area (Å²) in [7, 11) is -2.66. The van der Waals surface area contributed by atoms with Crippen molar-refractivity contribution in [1.82, 2.24) is 8.87 Å². The molecule has 0 spiro atoms. The molecule has 0 atom stereocenters. The van der Waals surface area contributed by atoms with Crippen LogP contribution in [-0.4, -0.2) is 35.5 Å². The van der Waals surface area contributed by atoms with Crippen molar-refractivity contribution in [3.8, 4) is 0 Å². The normalized spacial score (nSPS) is 11.7. The summed E-state index contributed by atoms with van der Waals surface area (Å²) in [4.78, 5) is 12.0. The van der Waals surface area contributed by atoms with Crippen LogP contribution in [0.4, 0.5) is 9.18 Å². The first-order valence-corrected chi connectivity index (χ1v) is 9.68. The summed E-state index contributed by atoms with van der Waals surface area (Å²) in [5.41, 5.74) is 0.898. The molecule has 3 rings (SSSR count). The standard InChI is InChI=1S/C17H14BrFN2O4S/c1-20(17(22)23)9-11-10-21(16-7-12(18)5-6-15(11)16)26(24,25)14-4-2-3-13(19)8-14/h2-8,10H,9H2,1H3,(H,22,23). The number of benzene rings is 2. The average molecular weight is 441 g/mol. The second-order valence-corrected chi connectivity index (χ2v) is 8.44. The van der Waals surface area contributed by atoms with Gasteiger partial charge in [0.15, 0.2) is 0 Å². The molecule has 1 heterocycles. The van der Waals surface area contributed by atoms with E-state index in [9.17, 15) is 17.6 Å². The fourth-order valence-corrected chi connectivity index (χ4v) is 4.39. The van der Waals surface area contributed by atoms with E-state index in [0.717, 1.165) is 21.0 Å². The topological polar surface area (TPSA) is 79.6 Å². The highest BCUT2D eigenvalue weighted by Crippen LogP contribution is 2.29. The molecule has 136 valence electrons. The maximum atomic E-state index is 13.5. The van der Waals surface area contributed by atoms with Gasteiger partial charge in [-0.25, -0.2) is 21.6 Å². The van der Waals surface area contributed by atoms with Gasteiger partial charge in [0.2, 0.25) is 0 Å². The van der Waals surface area contributed by atoms with E-state index in [1.54, 1.807) is 18.2 Å². The Morgan fingerprint density at radius 1 is 1.27 bits per heavy atom. The van der Waals surface area contributed by atoms with Gasteiger partial charge in [-0.2, -0.15) is 0 Å². The van der Waals surface area contributed by atoms with Crippen molar-refractivity contribution in [2.24, 2.45) is 0 Å². The molecule has 0 fully saturated rings. The summed E-state index contributed by atoms with van der Waals surface area (Å²) >= 11 is 3.31. The Balaban J connectivity index is 2.22. The summed E-state index contributed by atoms with van der Waals surface area (Å²) in [6.07, 6.45) is 0.243. The number of carboxylic acid groups (broad SMARTS) is 1. The van der Waals surface area contributed by atoms with Crippen LogP contribution < -0.4 is 0 Å². The lowest BCUT2D eigenvalue weighted by Crippen LogP contribution is -2.23. The fraction of sp³-hybridized carbons (Fsp3) is 0.118. The molecule has 0 bridgehead atoms. The Bertz CT molecular complexity index is 1110. The van der Waals surface area contributed by atoms with Crippen LogP contribution in [-0.2, 0) is 16.6 Å². The number of rotatable bonds is 4. The molecule has 1 aromatic heterocycles. The van der Waals surface area contributed by atoms with Crippen molar-refractivity contribution < 1.29 is 22.7 Å². The van der Waals surface area contributed by atoms with E-state index in [1.807, 2.05) is 0 Å². The molecule has 0 radical (unpaired) electrons. The van der Waals surface area contributed by atoms with Crippen molar-refractivity contribution in [1.29, 1.82) is 0 Å².